The average Bonchev–Trinajstić information content (AvgIpc) is 3.08. The van der Waals surface area contributed by atoms with E-state index in [1.165, 1.54) is 11.2 Å². The number of alkyl halides is 3. The van der Waals surface area contributed by atoms with Gasteiger partial charge in [-0.15, -0.1) is 0 Å². The van der Waals surface area contributed by atoms with Crippen molar-refractivity contribution in [1.29, 1.82) is 0 Å². The van der Waals surface area contributed by atoms with E-state index in [1.54, 1.807) is 0 Å². The summed E-state index contributed by atoms with van der Waals surface area (Å²) in [7, 11) is 0. The third-order valence-electron chi connectivity index (χ3n) is 4.03. The summed E-state index contributed by atoms with van der Waals surface area (Å²) in [6.07, 6.45) is -1.30. The normalized spacial score (nSPS) is 18.7. The molecule has 2 aromatic rings. The van der Waals surface area contributed by atoms with Gasteiger partial charge in [0.15, 0.2) is 0 Å². The fourth-order valence-corrected chi connectivity index (χ4v) is 2.88. The van der Waals surface area contributed by atoms with Gasteiger partial charge in [0.1, 0.15) is 18.0 Å². The van der Waals surface area contributed by atoms with E-state index in [0.29, 0.717) is 30.9 Å². The molecule has 9 heteroatoms. The zero-order valence-corrected chi connectivity index (χ0v) is 12.5. The molecule has 1 N–H and O–H groups in total. The molecule has 24 heavy (non-hydrogen) atoms. The molecule has 1 atom stereocenters. The van der Waals surface area contributed by atoms with Crippen LogP contribution in [0, 0.1) is 5.82 Å². The Labute approximate surface area is 134 Å². The second-order valence-electron chi connectivity index (χ2n) is 5.57. The summed E-state index contributed by atoms with van der Waals surface area (Å²) in [5.74, 6) is -1.49. The Morgan fingerprint density at radius 3 is 2.75 bits per heavy atom. The molecular weight excluding hydrogens is 328 g/mol. The molecular formula is C15H14F4N4O. The lowest BCUT2D eigenvalue weighted by molar-refractivity contribution is -0.140. The third-order valence-corrected chi connectivity index (χ3v) is 4.03. The number of halogens is 4. The standard InChI is InChI=1S/C15H14F4N4O/c16-11-5-4-9(7-10(11)15(17,18)19)14(24)23-6-2-1-3-12(23)13-20-8-21-22-13/h4-5,7-8,12H,1-3,6H2,(H,20,21,22). The fourth-order valence-electron chi connectivity index (χ4n) is 2.88. The fraction of sp³-hybridized carbons (Fsp3) is 0.400. The van der Waals surface area contributed by atoms with Crippen LogP contribution in [-0.4, -0.2) is 32.5 Å². The second-order valence-corrected chi connectivity index (χ2v) is 5.57. The van der Waals surface area contributed by atoms with Gasteiger partial charge in [-0.3, -0.25) is 9.89 Å². The van der Waals surface area contributed by atoms with Gasteiger partial charge in [-0.25, -0.2) is 9.37 Å². The van der Waals surface area contributed by atoms with Gasteiger partial charge >= 0.3 is 6.18 Å². The molecule has 3 rings (SSSR count). The van der Waals surface area contributed by atoms with Gasteiger partial charge in [0.25, 0.3) is 5.91 Å². The SMILES string of the molecule is O=C(c1ccc(F)c(C(F)(F)F)c1)N1CCCCC1c1ncn[nH]1. The van der Waals surface area contributed by atoms with E-state index in [4.69, 9.17) is 0 Å². The van der Waals surface area contributed by atoms with E-state index in [2.05, 4.69) is 15.2 Å². The van der Waals surface area contributed by atoms with Crippen LogP contribution >= 0.6 is 0 Å². The Bertz CT molecular complexity index is 730. The molecule has 0 saturated carbocycles. The maximum atomic E-state index is 13.4. The van der Waals surface area contributed by atoms with E-state index >= 15 is 0 Å². The number of piperidine rings is 1. The molecule has 1 amide bonds. The number of hydrogen-bond donors (Lipinski definition) is 1. The summed E-state index contributed by atoms with van der Waals surface area (Å²) in [4.78, 5) is 18.2. The van der Waals surface area contributed by atoms with Crippen molar-refractivity contribution < 1.29 is 22.4 Å². The van der Waals surface area contributed by atoms with Crippen LogP contribution in [0.2, 0.25) is 0 Å². The summed E-state index contributed by atoms with van der Waals surface area (Å²) < 4.78 is 51.9. The lowest BCUT2D eigenvalue weighted by Gasteiger charge is -2.34. The molecule has 0 aliphatic carbocycles. The van der Waals surface area contributed by atoms with Gasteiger partial charge in [0.05, 0.1) is 11.6 Å². The summed E-state index contributed by atoms with van der Waals surface area (Å²) >= 11 is 0. The number of aromatic amines is 1. The number of carbonyl (C=O) groups excluding carboxylic acids is 1. The number of nitrogens with zero attached hydrogens (tertiary/aromatic N) is 3. The van der Waals surface area contributed by atoms with Crippen LogP contribution in [0.1, 0.15) is 47.1 Å². The van der Waals surface area contributed by atoms with Gasteiger partial charge in [-0.1, -0.05) is 0 Å². The van der Waals surface area contributed by atoms with Crippen LogP contribution in [0.4, 0.5) is 17.6 Å². The molecule has 0 radical (unpaired) electrons. The summed E-state index contributed by atoms with van der Waals surface area (Å²) in [5.41, 5.74) is -1.64. The molecule has 5 nitrogen and oxygen atoms in total. The Morgan fingerprint density at radius 2 is 2.08 bits per heavy atom. The maximum Gasteiger partial charge on any atom is 0.419 e. The Kier molecular flexibility index (Phi) is 4.25. The molecule has 0 bridgehead atoms. The number of hydrogen-bond acceptors (Lipinski definition) is 3. The first-order valence-electron chi connectivity index (χ1n) is 7.41. The minimum atomic E-state index is -4.85. The van der Waals surface area contributed by atoms with Crippen molar-refractivity contribution in [3.63, 3.8) is 0 Å². The van der Waals surface area contributed by atoms with Crippen molar-refractivity contribution >= 4 is 5.91 Å². The molecule has 0 spiro atoms. The first-order chi connectivity index (χ1) is 11.4. The number of nitrogens with one attached hydrogen (secondary N) is 1. The molecule has 1 unspecified atom stereocenters. The van der Waals surface area contributed by atoms with E-state index in [9.17, 15) is 22.4 Å². The minimum Gasteiger partial charge on any atom is -0.328 e. The van der Waals surface area contributed by atoms with Crippen molar-refractivity contribution in [2.24, 2.45) is 0 Å². The van der Waals surface area contributed by atoms with Crippen LogP contribution < -0.4 is 0 Å². The number of aromatic nitrogens is 3. The van der Waals surface area contributed by atoms with E-state index in [0.717, 1.165) is 18.9 Å². The lowest BCUT2D eigenvalue weighted by atomic mass is 9.99. The van der Waals surface area contributed by atoms with Crippen LogP contribution in [0.3, 0.4) is 0 Å². The molecule has 1 fully saturated rings. The highest BCUT2D eigenvalue weighted by atomic mass is 19.4. The second kappa shape index (κ2) is 6.21. The van der Waals surface area contributed by atoms with Crippen molar-refractivity contribution in [3.8, 4) is 0 Å². The number of rotatable bonds is 2. The van der Waals surface area contributed by atoms with Crippen LogP contribution in [0.5, 0.6) is 0 Å². The Balaban J connectivity index is 1.93. The number of likely N-dealkylation sites (tertiary alicyclic amines) is 1. The maximum absolute atomic E-state index is 13.4. The van der Waals surface area contributed by atoms with Gasteiger partial charge < -0.3 is 4.90 Å². The minimum absolute atomic E-state index is 0.199. The van der Waals surface area contributed by atoms with Crippen molar-refractivity contribution in [3.05, 3.63) is 47.3 Å². The number of H-pyrrole nitrogens is 1. The summed E-state index contributed by atoms with van der Waals surface area (Å²) in [6, 6.07) is 1.92. The van der Waals surface area contributed by atoms with E-state index < -0.39 is 23.5 Å². The topological polar surface area (TPSA) is 61.9 Å². The summed E-state index contributed by atoms with van der Waals surface area (Å²) in [6.45, 7) is 0.392. The molecule has 1 saturated heterocycles. The molecule has 1 aliphatic rings. The molecule has 128 valence electrons. The van der Waals surface area contributed by atoms with Gasteiger partial charge in [-0.05, 0) is 37.5 Å². The predicted octanol–water partition coefficient (Wildman–Crippen LogP) is 3.33. The third kappa shape index (κ3) is 3.10. The van der Waals surface area contributed by atoms with E-state index in [-0.39, 0.29) is 11.6 Å². The van der Waals surface area contributed by atoms with Gasteiger partial charge in [0.2, 0.25) is 0 Å². The van der Waals surface area contributed by atoms with Crippen molar-refractivity contribution in [1.82, 2.24) is 20.1 Å². The first-order valence-corrected chi connectivity index (χ1v) is 7.41. The largest absolute Gasteiger partial charge is 0.419 e. The smallest absolute Gasteiger partial charge is 0.328 e. The average molecular weight is 342 g/mol. The van der Waals surface area contributed by atoms with Crippen molar-refractivity contribution in [2.75, 3.05) is 6.54 Å². The highest BCUT2D eigenvalue weighted by Crippen LogP contribution is 2.34. The zero-order valence-electron chi connectivity index (χ0n) is 12.5. The monoisotopic (exact) mass is 342 g/mol. The highest BCUT2D eigenvalue weighted by molar-refractivity contribution is 5.94. The Hall–Kier alpha value is -2.45. The predicted molar refractivity (Wildman–Crippen MR) is 75.4 cm³/mol. The van der Waals surface area contributed by atoms with E-state index in [1.807, 2.05) is 0 Å². The van der Waals surface area contributed by atoms with Crippen LogP contribution in [-0.2, 0) is 6.18 Å². The van der Waals surface area contributed by atoms with Crippen molar-refractivity contribution in [2.45, 2.75) is 31.5 Å². The molecule has 1 aliphatic heterocycles. The zero-order chi connectivity index (χ0) is 17.3. The number of carbonyl (C=O) groups is 1. The number of benzene rings is 1. The Morgan fingerprint density at radius 1 is 1.29 bits per heavy atom. The molecule has 1 aromatic carbocycles. The summed E-state index contributed by atoms with van der Waals surface area (Å²) in [5, 5.41) is 6.44. The van der Waals surface area contributed by atoms with Gasteiger partial charge in [-0.2, -0.15) is 18.3 Å². The highest BCUT2D eigenvalue weighted by Gasteiger charge is 2.36. The molecule has 1 aromatic heterocycles. The van der Waals surface area contributed by atoms with Crippen LogP contribution in [0.15, 0.2) is 24.5 Å². The van der Waals surface area contributed by atoms with Crippen LogP contribution in [0.25, 0.3) is 0 Å². The lowest BCUT2D eigenvalue weighted by Crippen LogP contribution is -2.39. The number of amides is 1. The quantitative estimate of drug-likeness (QED) is 0.852. The molecule has 2 heterocycles. The first kappa shape index (κ1) is 16.4. The van der Waals surface area contributed by atoms with Gasteiger partial charge in [0, 0.05) is 12.1 Å².